The van der Waals surface area contributed by atoms with E-state index in [1.165, 1.54) is 18.2 Å². The van der Waals surface area contributed by atoms with Gasteiger partial charge in [-0.25, -0.2) is 0 Å². The summed E-state index contributed by atoms with van der Waals surface area (Å²) in [5.74, 6) is 0.572. The summed E-state index contributed by atoms with van der Waals surface area (Å²) < 4.78 is 5.54. The van der Waals surface area contributed by atoms with Gasteiger partial charge in [-0.05, 0) is 23.8 Å². The van der Waals surface area contributed by atoms with E-state index in [1.54, 1.807) is 24.3 Å². The summed E-state index contributed by atoms with van der Waals surface area (Å²) in [5, 5.41) is 19.8. The fourth-order valence-corrected chi connectivity index (χ4v) is 1.73. The lowest BCUT2D eigenvalue weighted by molar-refractivity contribution is -0.384. The van der Waals surface area contributed by atoms with Crippen LogP contribution in [0.15, 0.2) is 42.5 Å². The maximum absolute atomic E-state index is 10.7. The van der Waals surface area contributed by atoms with Crippen LogP contribution in [0.5, 0.6) is 5.75 Å². The van der Waals surface area contributed by atoms with Gasteiger partial charge >= 0.3 is 0 Å². The minimum Gasteiger partial charge on any atom is -0.489 e. The number of rotatable bonds is 5. The maximum Gasteiger partial charge on any atom is 0.269 e. The van der Waals surface area contributed by atoms with Crippen LogP contribution in [0.4, 0.5) is 11.4 Å². The molecule has 20 heavy (non-hydrogen) atoms. The summed E-state index contributed by atoms with van der Waals surface area (Å²) in [5.41, 5.74) is 7.46. The second-order valence-corrected chi connectivity index (χ2v) is 4.23. The van der Waals surface area contributed by atoms with Crippen LogP contribution in [0.25, 0.3) is 0 Å². The Kier molecular flexibility index (Phi) is 4.17. The van der Waals surface area contributed by atoms with Gasteiger partial charge in [0.15, 0.2) is 0 Å². The molecule has 2 aromatic rings. The summed E-state index contributed by atoms with van der Waals surface area (Å²) in [7, 11) is 0. The van der Waals surface area contributed by atoms with Gasteiger partial charge in [0.2, 0.25) is 0 Å². The van der Waals surface area contributed by atoms with Crippen molar-refractivity contribution >= 4 is 11.4 Å². The number of aliphatic hydroxyl groups excluding tert-OH is 1. The van der Waals surface area contributed by atoms with Crippen molar-refractivity contribution in [3.63, 3.8) is 0 Å². The van der Waals surface area contributed by atoms with Crippen LogP contribution in [0.1, 0.15) is 11.1 Å². The Bertz CT molecular complexity index is 628. The van der Waals surface area contributed by atoms with Crippen molar-refractivity contribution in [2.75, 3.05) is 5.73 Å². The molecule has 0 atom stereocenters. The molecular weight excluding hydrogens is 260 g/mol. The summed E-state index contributed by atoms with van der Waals surface area (Å²) in [6, 6.07) is 11.2. The van der Waals surface area contributed by atoms with Crippen molar-refractivity contribution in [2.24, 2.45) is 0 Å². The highest BCUT2D eigenvalue weighted by Gasteiger charge is 2.09. The second kappa shape index (κ2) is 6.03. The lowest BCUT2D eigenvalue weighted by atomic mass is 10.1. The van der Waals surface area contributed by atoms with E-state index in [0.717, 1.165) is 5.56 Å². The SMILES string of the molecule is Nc1ccc([N+](=O)[O-])cc1COc1cccc(CO)c1. The molecular formula is C14H14N2O4. The van der Waals surface area contributed by atoms with Gasteiger partial charge in [0.25, 0.3) is 5.69 Å². The topological polar surface area (TPSA) is 98.6 Å². The van der Waals surface area contributed by atoms with Gasteiger partial charge in [-0.1, -0.05) is 12.1 Å². The van der Waals surface area contributed by atoms with Crippen molar-refractivity contribution in [3.8, 4) is 5.75 Å². The average Bonchev–Trinajstić information content (AvgIpc) is 2.46. The Morgan fingerprint density at radius 1 is 1.25 bits per heavy atom. The molecule has 0 saturated carbocycles. The molecule has 2 aromatic carbocycles. The van der Waals surface area contributed by atoms with Gasteiger partial charge in [0.05, 0.1) is 11.5 Å². The van der Waals surface area contributed by atoms with E-state index in [2.05, 4.69) is 0 Å². The summed E-state index contributed by atoms with van der Waals surface area (Å²) in [6.07, 6.45) is 0. The highest BCUT2D eigenvalue weighted by molar-refractivity contribution is 5.52. The number of nitro benzene ring substituents is 1. The number of ether oxygens (including phenoxy) is 1. The molecule has 6 nitrogen and oxygen atoms in total. The first kappa shape index (κ1) is 13.8. The molecule has 0 unspecified atom stereocenters. The van der Waals surface area contributed by atoms with Crippen LogP contribution in [-0.2, 0) is 13.2 Å². The van der Waals surface area contributed by atoms with E-state index in [4.69, 9.17) is 15.6 Å². The highest BCUT2D eigenvalue weighted by atomic mass is 16.6. The molecule has 0 radical (unpaired) electrons. The molecule has 0 aliphatic carbocycles. The normalized spacial score (nSPS) is 10.2. The third kappa shape index (κ3) is 3.24. The minimum absolute atomic E-state index is 0.0260. The average molecular weight is 274 g/mol. The Balaban J connectivity index is 2.13. The summed E-state index contributed by atoms with van der Waals surface area (Å²) in [6.45, 7) is 0.0541. The zero-order valence-electron chi connectivity index (χ0n) is 10.7. The van der Waals surface area contributed by atoms with Crippen LogP contribution >= 0.6 is 0 Å². The van der Waals surface area contributed by atoms with Gasteiger partial charge in [0, 0.05) is 23.4 Å². The summed E-state index contributed by atoms with van der Waals surface area (Å²) in [4.78, 5) is 10.2. The smallest absolute Gasteiger partial charge is 0.269 e. The molecule has 0 amide bonds. The van der Waals surface area contributed by atoms with Gasteiger partial charge in [0.1, 0.15) is 12.4 Å². The Labute approximate surface area is 115 Å². The fourth-order valence-electron chi connectivity index (χ4n) is 1.73. The fraction of sp³-hybridized carbons (Fsp3) is 0.143. The number of aliphatic hydroxyl groups is 1. The number of hydrogen-bond acceptors (Lipinski definition) is 5. The Morgan fingerprint density at radius 2 is 2.05 bits per heavy atom. The number of benzene rings is 2. The third-order valence-electron chi connectivity index (χ3n) is 2.81. The lowest BCUT2D eigenvalue weighted by Crippen LogP contribution is -2.02. The first-order valence-electron chi connectivity index (χ1n) is 5.95. The largest absolute Gasteiger partial charge is 0.489 e. The monoisotopic (exact) mass is 274 g/mol. The molecule has 0 bridgehead atoms. The highest BCUT2D eigenvalue weighted by Crippen LogP contribution is 2.22. The van der Waals surface area contributed by atoms with Crippen LogP contribution in [0.3, 0.4) is 0 Å². The van der Waals surface area contributed by atoms with E-state index >= 15 is 0 Å². The zero-order chi connectivity index (χ0) is 14.5. The molecule has 0 heterocycles. The van der Waals surface area contributed by atoms with E-state index in [1.807, 2.05) is 0 Å². The van der Waals surface area contributed by atoms with Crippen LogP contribution in [0, 0.1) is 10.1 Å². The van der Waals surface area contributed by atoms with Crippen molar-refractivity contribution in [1.82, 2.24) is 0 Å². The number of anilines is 1. The lowest BCUT2D eigenvalue weighted by Gasteiger charge is -2.09. The molecule has 0 aliphatic heterocycles. The van der Waals surface area contributed by atoms with Crippen molar-refractivity contribution in [3.05, 3.63) is 63.7 Å². The molecule has 0 aromatic heterocycles. The maximum atomic E-state index is 10.7. The standard InChI is InChI=1S/C14H14N2O4/c15-14-5-4-12(16(18)19)7-11(14)9-20-13-3-1-2-10(6-13)8-17/h1-7,17H,8-9,15H2. The minimum atomic E-state index is -0.477. The van der Waals surface area contributed by atoms with E-state index in [0.29, 0.717) is 17.0 Å². The van der Waals surface area contributed by atoms with Crippen LogP contribution in [0.2, 0.25) is 0 Å². The van der Waals surface area contributed by atoms with E-state index < -0.39 is 4.92 Å². The number of nitrogens with zero attached hydrogens (tertiary/aromatic N) is 1. The molecule has 0 fully saturated rings. The summed E-state index contributed by atoms with van der Waals surface area (Å²) >= 11 is 0. The Hall–Kier alpha value is -2.60. The molecule has 0 spiro atoms. The number of nitrogen functional groups attached to an aromatic ring is 1. The first-order chi connectivity index (χ1) is 9.60. The number of nitrogens with two attached hydrogens (primary N) is 1. The predicted molar refractivity (Wildman–Crippen MR) is 74.2 cm³/mol. The van der Waals surface area contributed by atoms with Gasteiger partial charge in [-0.15, -0.1) is 0 Å². The van der Waals surface area contributed by atoms with Crippen molar-refractivity contribution < 1.29 is 14.8 Å². The quantitative estimate of drug-likeness (QED) is 0.495. The van der Waals surface area contributed by atoms with Gasteiger partial charge in [-0.3, -0.25) is 10.1 Å². The molecule has 0 aliphatic rings. The molecule has 2 rings (SSSR count). The third-order valence-corrected chi connectivity index (χ3v) is 2.81. The van der Waals surface area contributed by atoms with Crippen molar-refractivity contribution in [1.29, 1.82) is 0 Å². The van der Waals surface area contributed by atoms with Crippen LogP contribution in [-0.4, -0.2) is 10.0 Å². The number of hydrogen-bond donors (Lipinski definition) is 2. The molecule has 3 N–H and O–H groups in total. The molecule has 0 saturated heterocycles. The van der Waals surface area contributed by atoms with E-state index in [9.17, 15) is 10.1 Å². The molecule has 6 heteroatoms. The first-order valence-corrected chi connectivity index (χ1v) is 5.95. The molecule has 104 valence electrons. The number of non-ortho nitro benzene ring substituents is 1. The predicted octanol–water partition coefficient (Wildman–Crippen LogP) is 2.25. The second-order valence-electron chi connectivity index (χ2n) is 4.23. The Morgan fingerprint density at radius 3 is 2.75 bits per heavy atom. The van der Waals surface area contributed by atoms with Gasteiger partial charge < -0.3 is 15.6 Å². The van der Waals surface area contributed by atoms with Crippen molar-refractivity contribution in [2.45, 2.75) is 13.2 Å². The number of nitro groups is 1. The zero-order valence-corrected chi connectivity index (χ0v) is 10.7. The van der Waals surface area contributed by atoms with E-state index in [-0.39, 0.29) is 18.9 Å². The van der Waals surface area contributed by atoms with Crippen LogP contribution < -0.4 is 10.5 Å². The van der Waals surface area contributed by atoms with Gasteiger partial charge in [-0.2, -0.15) is 0 Å².